The number of hydrogen-bond donors (Lipinski definition) is 0. The highest BCUT2D eigenvalue weighted by Crippen LogP contribution is 2.43. The predicted octanol–water partition coefficient (Wildman–Crippen LogP) is 6.98. The van der Waals surface area contributed by atoms with Gasteiger partial charge in [0.25, 0.3) is 0 Å². The fourth-order valence-electron chi connectivity index (χ4n) is 4.03. The van der Waals surface area contributed by atoms with Crippen molar-refractivity contribution < 1.29 is 4.74 Å². The molecule has 0 spiro atoms. The van der Waals surface area contributed by atoms with Crippen molar-refractivity contribution in [3.63, 3.8) is 0 Å². The van der Waals surface area contributed by atoms with Gasteiger partial charge in [-0.3, -0.25) is 4.98 Å². The number of hydrogen-bond acceptors (Lipinski definition) is 3. The first-order valence-corrected chi connectivity index (χ1v) is 10.5. The van der Waals surface area contributed by atoms with Crippen LogP contribution in [0, 0.1) is 0 Å². The van der Waals surface area contributed by atoms with Crippen LogP contribution in [0.2, 0.25) is 5.02 Å². The SMILES string of the molecule is COc1ccc(CN2c3ccccc3C=C(c3ccncc3)c3cc(Cl)ccc32)cc1. The number of anilines is 2. The van der Waals surface area contributed by atoms with Crippen molar-refractivity contribution in [3.8, 4) is 5.75 Å². The number of para-hydroxylation sites is 1. The molecule has 0 aliphatic carbocycles. The molecule has 3 aromatic carbocycles. The quantitative estimate of drug-likeness (QED) is 0.353. The predicted molar refractivity (Wildman–Crippen MR) is 128 cm³/mol. The van der Waals surface area contributed by atoms with E-state index in [1.165, 1.54) is 5.56 Å². The van der Waals surface area contributed by atoms with Gasteiger partial charge in [-0.2, -0.15) is 0 Å². The molecule has 0 bridgehead atoms. The van der Waals surface area contributed by atoms with Gasteiger partial charge in [0, 0.05) is 40.9 Å². The lowest BCUT2D eigenvalue weighted by molar-refractivity contribution is 0.414. The molecule has 5 rings (SSSR count). The molecule has 0 radical (unpaired) electrons. The van der Waals surface area contributed by atoms with Crippen LogP contribution in [0.4, 0.5) is 11.4 Å². The molecule has 0 saturated carbocycles. The Labute approximate surface area is 187 Å². The monoisotopic (exact) mass is 424 g/mol. The average molecular weight is 425 g/mol. The van der Waals surface area contributed by atoms with E-state index in [9.17, 15) is 0 Å². The van der Waals surface area contributed by atoms with Crippen molar-refractivity contribution in [1.82, 2.24) is 4.98 Å². The Bertz CT molecular complexity index is 1250. The van der Waals surface area contributed by atoms with E-state index in [0.717, 1.165) is 45.9 Å². The molecule has 1 aromatic heterocycles. The Morgan fingerprint density at radius 1 is 0.871 bits per heavy atom. The number of methoxy groups -OCH3 is 1. The van der Waals surface area contributed by atoms with Gasteiger partial charge in [-0.1, -0.05) is 41.9 Å². The molecule has 1 aliphatic rings. The summed E-state index contributed by atoms with van der Waals surface area (Å²) >= 11 is 6.46. The Hall–Kier alpha value is -3.56. The molecule has 0 N–H and O–H groups in total. The third-order valence-corrected chi connectivity index (χ3v) is 5.79. The molecule has 0 saturated heterocycles. The van der Waals surface area contributed by atoms with Gasteiger partial charge in [0.1, 0.15) is 5.75 Å². The Balaban J connectivity index is 1.70. The van der Waals surface area contributed by atoms with E-state index in [-0.39, 0.29) is 0 Å². The van der Waals surface area contributed by atoms with Crippen LogP contribution in [0.25, 0.3) is 11.6 Å². The first kappa shape index (κ1) is 19.4. The minimum absolute atomic E-state index is 0.717. The largest absolute Gasteiger partial charge is 0.497 e. The van der Waals surface area contributed by atoms with Crippen LogP contribution < -0.4 is 9.64 Å². The number of aromatic nitrogens is 1. The van der Waals surface area contributed by atoms with Crippen molar-refractivity contribution in [2.24, 2.45) is 0 Å². The van der Waals surface area contributed by atoms with Crippen LogP contribution in [0.3, 0.4) is 0 Å². The first-order chi connectivity index (χ1) is 15.2. The van der Waals surface area contributed by atoms with Gasteiger partial charge < -0.3 is 9.64 Å². The Morgan fingerprint density at radius 2 is 1.65 bits per heavy atom. The van der Waals surface area contributed by atoms with Gasteiger partial charge in [0.2, 0.25) is 0 Å². The number of halogens is 1. The molecule has 0 atom stereocenters. The maximum atomic E-state index is 6.46. The van der Waals surface area contributed by atoms with Crippen LogP contribution in [0.5, 0.6) is 5.75 Å². The molecule has 0 amide bonds. The summed E-state index contributed by atoms with van der Waals surface area (Å²) in [6.07, 6.45) is 5.90. The van der Waals surface area contributed by atoms with E-state index in [1.807, 2.05) is 42.7 Å². The van der Waals surface area contributed by atoms with Gasteiger partial charge >= 0.3 is 0 Å². The fourth-order valence-corrected chi connectivity index (χ4v) is 4.20. The molecule has 0 unspecified atom stereocenters. The molecule has 1 aliphatic heterocycles. The molecular formula is C27H21ClN2O. The zero-order chi connectivity index (χ0) is 21.2. The van der Waals surface area contributed by atoms with Crippen molar-refractivity contribution in [2.75, 3.05) is 12.0 Å². The van der Waals surface area contributed by atoms with Crippen LogP contribution in [-0.4, -0.2) is 12.1 Å². The molecule has 31 heavy (non-hydrogen) atoms. The summed E-state index contributed by atoms with van der Waals surface area (Å²) in [5.74, 6) is 0.855. The fraction of sp³-hybridized carbons (Fsp3) is 0.0741. The number of benzene rings is 3. The zero-order valence-corrected chi connectivity index (χ0v) is 17.9. The second-order valence-corrected chi connectivity index (χ2v) is 7.88. The van der Waals surface area contributed by atoms with Crippen molar-refractivity contribution in [1.29, 1.82) is 0 Å². The maximum Gasteiger partial charge on any atom is 0.118 e. The average Bonchev–Trinajstić information content (AvgIpc) is 2.95. The molecule has 4 heteroatoms. The number of ether oxygens (including phenoxy) is 1. The minimum Gasteiger partial charge on any atom is -0.497 e. The van der Waals surface area contributed by atoms with Gasteiger partial charge in [-0.05, 0) is 76.9 Å². The number of fused-ring (bicyclic) bond motifs is 2. The summed E-state index contributed by atoms with van der Waals surface area (Å²) in [6.45, 7) is 0.729. The van der Waals surface area contributed by atoms with E-state index in [2.05, 4.69) is 64.5 Å². The lowest BCUT2D eigenvalue weighted by Crippen LogP contribution is -2.18. The molecule has 4 aromatic rings. The van der Waals surface area contributed by atoms with Crippen LogP contribution >= 0.6 is 11.6 Å². The molecule has 152 valence electrons. The van der Waals surface area contributed by atoms with Gasteiger partial charge in [-0.15, -0.1) is 0 Å². The Kier molecular flexibility index (Phi) is 5.19. The number of nitrogens with zero attached hydrogens (tertiary/aromatic N) is 2. The maximum absolute atomic E-state index is 6.46. The van der Waals surface area contributed by atoms with Crippen LogP contribution in [0.15, 0.2) is 91.3 Å². The molecule has 3 nitrogen and oxygen atoms in total. The van der Waals surface area contributed by atoms with Gasteiger partial charge in [-0.25, -0.2) is 0 Å². The van der Waals surface area contributed by atoms with E-state index in [1.54, 1.807) is 7.11 Å². The summed E-state index contributed by atoms with van der Waals surface area (Å²) in [6, 6.07) is 26.9. The van der Waals surface area contributed by atoms with E-state index >= 15 is 0 Å². The smallest absolute Gasteiger partial charge is 0.118 e. The van der Waals surface area contributed by atoms with E-state index in [0.29, 0.717) is 5.02 Å². The highest BCUT2D eigenvalue weighted by Gasteiger charge is 2.23. The lowest BCUT2D eigenvalue weighted by Gasteiger charge is -2.27. The van der Waals surface area contributed by atoms with Crippen LogP contribution in [0.1, 0.15) is 22.3 Å². The zero-order valence-electron chi connectivity index (χ0n) is 17.1. The van der Waals surface area contributed by atoms with Gasteiger partial charge in [0.05, 0.1) is 7.11 Å². The third-order valence-electron chi connectivity index (χ3n) is 5.56. The summed E-state index contributed by atoms with van der Waals surface area (Å²) in [7, 11) is 1.69. The van der Waals surface area contributed by atoms with Crippen molar-refractivity contribution in [2.45, 2.75) is 6.54 Å². The number of pyridine rings is 1. The number of rotatable bonds is 4. The molecular weight excluding hydrogens is 404 g/mol. The summed E-state index contributed by atoms with van der Waals surface area (Å²) < 4.78 is 5.33. The summed E-state index contributed by atoms with van der Waals surface area (Å²) in [4.78, 5) is 6.55. The van der Waals surface area contributed by atoms with E-state index in [4.69, 9.17) is 16.3 Å². The highest BCUT2D eigenvalue weighted by molar-refractivity contribution is 6.31. The molecule has 2 heterocycles. The standard InChI is InChI=1S/C27H21ClN2O/c1-31-23-9-6-19(7-10-23)18-30-26-5-3-2-4-21(26)16-24(20-12-14-29-15-13-20)25-17-22(28)8-11-27(25)30/h2-17H,18H2,1H3. The summed E-state index contributed by atoms with van der Waals surface area (Å²) in [5.41, 5.74) is 7.98. The summed E-state index contributed by atoms with van der Waals surface area (Å²) in [5, 5.41) is 0.717. The Morgan fingerprint density at radius 3 is 2.42 bits per heavy atom. The normalized spacial score (nSPS) is 12.5. The van der Waals surface area contributed by atoms with Gasteiger partial charge in [0.15, 0.2) is 0 Å². The minimum atomic E-state index is 0.717. The second-order valence-electron chi connectivity index (χ2n) is 7.45. The van der Waals surface area contributed by atoms with E-state index < -0.39 is 0 Å². The topological polar surface area (TPSA) is 25.4 Å². The first-order valence-electron chi connectivity index (χ1n) is 10.1. The van der Waals surface area contributed by atoms with Crippen molar-refractivity contribution >= 4 is 34.6 Å². The second kappa shape index (κ2) is 8.29. The molecule has 0 fully saturated rings. The lowest BCUT2D eigenvalue weighted by atomic mass is 9.96. The third kappa shape index (κ3) is 3.80. The highest BCUT2D eigenvalue weighted by atomic mass is 35.5. The van der Waals surface area contributed by atoms with Crippen LogP contribution in [-0.2, 0) is 6.54 Å². The van der Waals surface area contributed by atoms with Crippen molar-refractivity contribution in [3.05, 3.63) is 119 Å².